The van der Waals surface area contributed by atoms with Crippen LogP contribution >= 0.6 is 0 Å². The fourth-order valence-corrected chi connectivity index (χ4v) is 6.40. The molecule has 6 rings (SSSR count). The number of nitrogens with zero attached hydrogens (tertiary/aromatic N) is 3. The van der Waals surface area contributed by atoms with E-state index in [1.165, 1.54) is 56.4 Å². The summed E-state index contributed by atoms with van der Waals surface area (Å²) >= 11 is 0. The molecule has 0 atom stereocenters. The van der Waals surface area contributed by atoms with Gasteiger partial charge in [-0.05, 0) is 53.6 Å². The summed E-state index contributed by atoms with van der Waals surface area (Å²) in [6.07, 6.45) is -3.04. The molecule has 1 aliphatic rings. The molecule has 0 bridgehead atoms. The molecular weight excluding hydrogens is 679 g/mol. The molecule has 17 heteroatoms. The van der Waals surface area contributed by atoms with Gasteiger partial charge < -0.3 is 24.3 Å². The van der Waals surface area contributed by atoms with Crippen molar-refractivity contribution < 1.29 is 54.2 Å². The number of sulfone groups is 1. The fraction of sp³-hybridized carbons (Fsp3) is 0.219. The van der Waals surface area contributed by atoms with Gasteiger partial charge in [-0.2, -0.15) is 13.9 Å². The topological polar surface area (TPSA) is 146 Å². The van der Waals surface area contributed by atoms with Crippen LogP contribution in [0.2, 0.25) is 0 Å². The van der Waals surface area contributed by atoms with Crippen LogP contribution in [0.25, 0.3) is 45.0 Å². The number of aliphatic hydroxyl groups excluding tert-OH is 1. The average molecular weight is 705 g/mol. The Kier molecular flexibility index (Phi) is 8.02. The van der Waals surface area contributed by atoms with Crippen LogP contribution in [0.4, 0.5) is 22.0 Å². The number of amides is 1. The van der Waals surface area contributed by atoms with E-state index in [4.69, 9.17) is 4.42 Å². The van der Waals surface area contributed by atoms with E-state index in [9.17, 15) is 35.9 Å². The summed E-state index contributed by atoms with van der Waals surface area (Å²) < 4.78 is 114. The largest absolute Gasteiger partial charge is 0.586 e. The molecule has 3 aromatic carbocycles. The van der Waals surface area contributed by atoms with Crippen molar-refractivity contribution >= 4 is 15.7 Å². The van der Waals surface area contributed by atoms with E-state index >= 15 is 4.39 Å². The molecule has 0 fully saturated rings. The molecular formula is C32H25F5N4O7S. The maximum atomic E-state index is 15.2. The first kappa shape index (κ1) is 33.6. The van der Waals surface area contributed by atoms with E-state index in [0.29, 0.717) is 0 Å². The maximum absolute atomic E-state index is 15.2. The number of benzene rings is 3. The molecule has 49 heavy (non-hydrogen) atoms. The minimum Gasteiger partial charge on any atom is -0.440 e. The number of aliphatic hydroxyl groups is 1. The second-order valence-corrected chi connectivity index (χ2v) is 13.0. The highest BCUT2D eigenvalue weighted by Gasteiger charge is 2.44. The SMILES string of the molecule is CNC(=O)C(F)(F)c1cc(-c2ccc(-c3cc(F)c(CO)c(S(C)(=O)=O)c3)cc2-c2nc(C)oc2-c2ccc3c(c2)OC(F)(F)O3)n(C)n1. The predicted molar refractivity (Wildman–Crippen MR) is 163 cm³/mol. The number of likely N-dealkylation sites (N-methyl/N-ethyl adjacent to an activating group) is 1. The molecule has 2 N–H and O–H groups in total. The van der Waals surface area contributed by atoms with Crippen molar-refractivity contribution in [1.29, 1.82) is 0 Å². The molecule has 5 aromatic rings. The Hall–Kier alpha value is -5.29. The first-order valence-electron chi connectivity index (χ1n) is 14.2. The molecule has 3 heterocycles. The van der Waals surface area contributed by atoms with Crippen molar-refractivity contribution in [3.8, 4) is 56.5 Å². The first-order valence-corrected chi connectivity index (χ1v) is 16.1. The Labute approximate surface area is 274 Å². The van der Waals surface area contributed by atoms with Gasteiger partial charge in [0, 0.05) is 49.5 Å². The third-order valence-corrected chi connectivity index (χ3v) is 8.87. The van der Waals surface area contributed by atoms with Gasteiger partial charge in [0.1, 0.15) is 17.2 Å². The number of aromatic nitrogens is 3. The molecule has 0 saturated carbocycles. The Balaban J connectivity index is 1.60. The lowest BCUT2D eigenvalue weighted by Crippen LogP contribution is -2.36. The van der Waals surface area contributed by atoms with Crippen molar-refractivity contribution in [3.63, 3.8) is 0 Å². The molecule has 0 radical (unpaired) electrons. The lowest BCUT2D eigenvalue weighted by atomic mass is 9.93. The zero-order valence-corrected chi connectivity index (χ0v) is 26.8. The zero-order chi connectivity index (χ0) is 35.6. The minimum absolute atomic E-state index is 0.0363. The van der Waals surface area contributed by atoms with Crippen LogP contribution < -0.4 is 14.8 Å². The van der Waals surface area contributed by atoms with Crippen molar-refractivity contribution in [2.45, 2.75) is 30.6 Å². The maximum Gasteiger partial charge on any atom is 0.586 e. The van der Waals surface area contributed by atoms with E-state index < -0.39 is 56.5 Å². The Bertz CT molecular complexity index is 2270. The van der Waals surface area contributed by atoms with Gasteiger partial charge in [0.2, 0.25) is 0 Å². The molecule has 1 aliphatic heterocycles. The number of fused-ring (bicyclic) bond motifs is 1. The number of nitrogens with one attached hydrogen (secondary N) is 1. The van der Waals surface area contributed by atoms with E-state index in [2.05, 4.69) is 19.6 Å². The van der Waals surface area contributed by atoms with Gasteiger partial charge in [-0.15, -0.1) is 8.78 Å². The summed E-state index contributed by atoms with van der Waals surface area (Å²) in [4.78, 5) is 16.0. The number of hydrogen-bond acceptors (Lipinski definition) is 9. The summed E-state index contributed by atoms with van der Waals surface area (Å²) in [5.41, 5.74) is -0.215. The van der Waals surface area contributed by atoms with Crippen LogP contribution in [0.15, 0.2) is 63.9 Å². The summed E-state index contributed by atoms with van der Waals surface area (Å²) in [6, 6.07) is 11.5. The van der Waals surface area contributed by atoms with Crippen LogP contribution in [0.5, 0.6) is 11.5 Å². The number of ether oxygens (including phenoxy) is 2. The van der Waals surface area contributed by atoms with Crippen LogP contribution in [0.1, 0.15) is 17.1 Å². The Morgan fingerprint density at radius 3 is 2.37 bits per heavy atom. The summed E-state index contributed by atoms with van der Waals surface area (Å²) in [6.45, 7) is 0.621. The Morgan fingerprint density at radius 1 is 1.00 bits per heavy atom. The van der Waals surface area contributed by atoms with E-state index in [1.54, 1.807) is 0 Å². The number of halogens is 5. The lowest BCUT2D eigenvalue weighted by molar-refractivity contribution is -0.286. The van der Waals surface area contributed by atoms with E-state index in [0.717, 1.165) is 30.1 Å². The van der Waals surface area contributed by atoms with Crippen LogP contribution in [0, 0.1) is 12.7 Å². The summed E-state index contributed by atoms with van der Waals surface area (Å²) in [5, 5.41) is 15.4. The van der Waals surface area contributed by atoms with Gasteiger partial charge >= 0.3 is 12.2 Å². The zero-order valence-electron chi connectivity index (χ0n) is 25.9. The summed E-state index contributed by atoms with van der Waals surface area (Å²) in [5.74, 6) is -6.98. The van der Waals surface area contributed by atoms with Crippen LogP contribution in [-0.4, -0.2) is 53.8 Å². The van der Waals surface area contributed by atoms with Gasteiger partial charge in [0.15, 0.2) is 33.0 Å². The molecule has 0 saturated heterocycles. The standard InChI is InChI=1S/C32H25F5N4O7S/c1-15-39-28(29(46-15)17-6-8-24-25(11-17)48-32(36,37)47-24)20-9-16(18-10-22(33)21(14-42)26(12-18)49(4,44)45)5-7-19(20)23-13-27(40-41(23)3)31(34,35)30(43)38-2/h5-13,42H,14H2,1-4H3,(H,38,43). The molecule has 1 amide bonds. The number of hydrogen-bond donors (Lipinski definition) is 2. The molecule has 11 nitrogen and oxygen atoms in total. The molecule has 2 aromatic heterocycles. The van der Waals surface area contributed by atoms with E-state index in [-0.39, 0.29) is 62.4 Å². The van der Waals surface area contributed by atoms with Crippen molar-refractivity contribution in [2.75, 3.05) is 13.3 Å². The second-order valence-electron chi connectivity index (χ2n) is 11.1. The van der Waals surface area contributed by atoms with Crippen molar-refractivity contribution in [3.05, 3.63) is 77.6 Å². The monoisotopic (exact) mass is 704 g/mol. The summed E-state index contributed by atoms with van der Waals surface area (Å²) in [7, 11) is -1.59. The highest BCUT2D eigenvalue weighted by molar-refractivity contribution is 7.90. The smallest absolute Gasteiger partial charge is 0.440 e. The van der Waals surface area contributed by atoms with Gasteiger partial charge in [-0.1, -0.05) is 12.1 Å². The molecule has 0 unspecified atom stereocenters. The number of alkyl halides is 4. The minimum atomic E-state index is -4.01. The molecule has 0 spiro atoms. The van der Waals surface area contributed by atoms with Crippen LogP contribution in [0.3, 0.4) is 0 Å². The third kappa shape index (κ3) is 5.99. The van der Waals surface area contributed by atoms with Gasteiger partial charge in [0.05, 0.1) is 17.2 Å². The van der Waals surface area contributed by atoms with E-state index in [1.807, 2.05) is 5.32 Å². The van der Waals surface area contributed by atoms with Crippen LogP contribution in [-0.2, 0) is 34.2 Å². The first-order chi connectivity index (χ1) is 22.9. The average Bonchev–Trinajstić information content (AvgIpc) is 3.71. The molecule has 0 aliphatic carbocycles. The number of aryl methyl sites for hydroxylation is 2. The third-order valence-electron chi connectivity index (χ3n) is 7.71. The fourth-order valence-electron chi connectivity index (χ4n) is 5.45. The van der Waals surface area contributed by atoms with Gasteiger partial charge in [-0.25, -0.2) is 17.8 Å². The van der Waals surface area contributed by atoms with Crippen molar-refractivity contribution in [1.82, 2.24) is 20.1 Å². The van der Waals surface area contributed by atoms with Crippen molar-refractivity contribution in [2.24, 2.45) is 7.05 Å². The highest BCUT2D eigenvalue weighted by atomic mass is 32.2. The second kappa shape index (κ2) is 11.7. The highest BCUT2D eigenvalue weighted by Crippen LogP contribution is 2.46. The quantitative estimate of drug-likeness (QED) is 0.198. The normalized spacial score (nSPS) is 13.9. The molecule has 256 valence electrons. The number of oxazole rings is 1. The van der Waals surface area contributed by atoms with Gasteiger partial charge in [0.25, 0.3) is 5.91 Å². The predicted octanol–water partition coefficient (Wildman–Crippen LogP) is 5.58. The van der Waals surface area contributed by atoms with Gasteiger partial charge in [-0.3, -0.25) is 9.48 Å². The number of carbonyl (C=O) groups excluding carboxylic acids is 1. The lowest BCUT2D eigenvalue weighted by Gasteiger charge is -2.14. The number of rotatable bonds is 8. The Morgan fingerprint density at radius 2 is 1.69 bits per heavy atom. The number of carbonyl (C=O) groups is 1.